The van der Waals surface area contributed by atoms with Crippen molar-refractivity contribution < 1.29 is 24.2 Å². The van der Waals surface area contributed by atoms with Crippen LogP contribution in [0.25, 0.3) is 0 Å². The van der Waals surface area contributed by atoms with E-state index in [4.69, 9.17) is 19.3 Å². The summed E-state index contributed by atoms with van der Waals surface area (Å²) in [6.45, 7) is 9.34. The second-order valence-electron chi connectivity index (χ2n) is 5.93. The van der Waals surface area contributed by atoms with E-state index >= 15 is 0 Å². The zero-order chi connectivity index (χ0) is 15.8. The molecule has 1 fully saturated rings. The number of morpholine rings is 1. The molecule has 0 aromatic heterocycles. The lowest BCUT2D eigenvalue weighted by Gasteiger charge is -2.32. The van der Waals surface area contributed by atoms with Crippen molar-refractivity contribution in [3.63, 3.8) is 0 Å². The van der Waals surface area contributed by atoms with Gasteiger partial charge in [-0.05, 0) is 31.5 Å². The Labute approximate surface area is 132 Å². The number of ether oxygens (including phenoxy) is 3. The van der Waals surface area contributed by atoms with E-state index < -0.39 is 0 Å². The number of quaternary nitrogens is 1. The molecule has 124 valence electrons. The third-order valence-electron chi connectivity index (χ3n) is 3.82. The molecule has 0 aliphatic carbocycles. The third kappa shape index (κ3) is 5.93. The van der Waals surface area contributed by atoms with E-state index in [2.05, 4.69) is 13.8 Å². The van der Waals surface area contributed by atoms with Crippen molar-refractivity contribution in [3.05, 3.63) is 29.8 Å². The first-order chi connectivity index (χ1) is 10.7. The van der Waals surface area contributed by atoms with Gasteiger partial charge in [0.05, 0.1) is 19.8 Å². The van der Waals surface area contributed by atoms with Crippen molar-refractivity contribution >= 4 is 0 Å². The molecule has 0 unspecified atom stereocenters. The van der Waals surface area contributed by atoms with Crippen molar-refractivity contribution in [1.82, 2.24) is 0 Å². The van der Waals surface area contributed by atoms with Crippen molar-refractivity contribution in [2.24, 2.45) is 0 Å². The van der Waals surface area contributed by atoms with Gasteiger partial charge in [-0.3, -0.25) is 0 Å². The first-order valence-corrected chi connectivity index (χ1v) is 8.06. The maximum absolute atomic E-state index is 8.97. The van der Waals surface area contributed by atoms with Gasteiger partial charge in [0.1, 0.15) is 44.2 Å². The summed E-state index contributed by atoms with van der Waals surface area (Å²) in [6.07, 6.45) is 0.674. The number of aliphatic hydroxyl groups excluding tert-OH is 1. The van der Waals surface area contributed by atoms with Gasteiger partial charge in [0.25, 0.3) is 0 Å². The summed E-state index contributed by atoms with van der Waals surface area (Å²) in [4.78, 5) is 1.55. The molecule has 0 bridgehead atoms. The fraction of sp³-hybridized carbons (Fsp3) is 0.647. The minimum atomic E-state index is 0.0600. The summed E-state index contributed by atoms with van der Waals surface area (Å²) in [5.41, 5.74) is 0.889. The van der Waals surface area contributed by atoms with Crippen LogP contribution in [0.5, 0.6) is 5.75 Å². The maximum atomic E-state index is 8.97. The Morgan fingerprint density at radius 2 is 1.77 bits per heavy atom. The number of hydrogen-bond donors (Lipinski definition) is 2. The number of nitrogens with one attached hydrogen (secondary N) is 1. The van der Waals surface area contributed by atoms with Crippen molar-refractivity contribution in [3.8, 4) is 5.75 Å². The normalized spacial score (nSPS) is 25.1. The number of aliphatic hydroxyl groups is 1. The summed E-state index contributed by atoms with van der Waals surface area (Å²) < 4.78 is 17.0. The molecular weight excluding hydrogens is 282 g/mol. The second-order valence-corrected chi connectivity index (χ2v) is 5.93. The highest BCUT2D eigenvalue weighted by molar-refractivity contribution is 5.26. The Morgan fingerprint density at radius 1 is 1.09 bits per heavy atom. The van der Waals surface area contributed by atoms with Crippen LogP contribution in [-0.2, 0) is 16.1 Å². The molecule has 0 saturated carbocycles. The van der Waals surface area contributed by atoms with Crippen LogP contribution in [0.4, 0.5) is 0 Å². The summed E-state index contributed by atoms with van der Waals surface area (Å²) in [7, 11) is 0. The highest BCUT2D eigenvalue weighted by Gasteiger charge is 2.24. The molecule has 5 heteroatoms. The van der Waals surface area contributed by atoms with Gasteiger partial charge in [-0.25, -0.2) is 0 Å². The Bertz CT molecular complexity index is 413. The van der Waals surface area contributed by atoms with Gasteiger partial charge < -0.3 is 24.2 Å². The zero-order valence-corrected chi connectivity index (χ0v) is 13.6. The molecule has 1 aliphatic rings. The lowest BCUT2D eigenvalue weighted by atomic mass is 10.2. The predicted octanol–water partition coefficient (Wildman–Crippen LogP) is 0.266. The molecule has 2 atom stereocenters. The van der Waals surface area contributed by atoms with Crippen LogP contribution >= 0.6 is 0 Å². The molecule has 1 heterocycles. The summed E-state index contributed by atoms with van der Waals surface area (Å²) in [5, 5.41) is 8.97. The molecule has 2 rings (SSSR count). The average Bonchev–Trinajstić information content (AvgIpc) is 2.50. The number of benzene rings is 1. The Morgan fingerprint density at radius 3 is 2.41 bits per heavy atom. The van der Waals surface area contributed by atoms with Crippen molar-refractivity contribution in [2.45, 2.75) is 32.7 Å². The first kappa shape index (κ1) is 17.2. The lowest BCUT2D eigenvalue weighted by molar-refractivity contribution is -0.915. The zero-order valence-electron chi connectivity index (χ0n) is 13.6. The van der Waals surface area contributed by atoms with Crippen LogP contribution in [0.3, 0.4) is 0 Å². The fourth-order valence-electron chi connectivity index (χ4n) is 2.82. The first-order valence-electron chi connectivity index (χ1n) is 8.06. The number of hydrogen-bond acceptors (Lipinski definition) is 4. The van der Waals surface area contributed by atoms with Gasteiger partial charge in [0.15, 0.2) is 0 Å². The molecule has 1 aromatic carbocycles. The lowest BCUT2D eigenvalue weighted by Crippen LogP contribution is -3.15. The van der Waals surface area contributed by atoms with E-state index in [1.54, 1.807) is 4.90 Å². The van der Waals surface area contributed by atoms with Crippen LogP contribution in [0.1, 0.15) is 19.4 Å². The van der Waals surface area contributed by atoms with Gasteiger partial charge in [-0.15, -0.1) is 0 Å². The van der Waals surface area contributed by atoms with Gasteiger partial charge in [-0.1, -0.05) is 12.1 Å². The molecule has 1 saturated heterocycles. The molecule has 2 N–H and O–H groups in total. The van der Waals surface area contributed by atoms with Crippen LogP contribution in [0.15, 0.2) is 24.3 Å². The topological polar surface area (TPSA) is 52.4 Å². The van der Waals surface area contributed by atoms with Crippen LogP contribution in [-0.4, -0.2) is 56.8 Å². The minimum absolute atomic E-state index is 0.0600. The van der Waals surface area contributed by atoms with Gasteiger partial charge in [-0.2, -0.15) is 0 Å². The van der Waals surface area contributed by atoms with E-state index in [1.165, 1.54) is 0 Å². The van der Waals surface area contributed by atoms with E-state index in [0.717, 1.165) is 37.6 Å². The Balaban J connectivity index is 1.53. The van der Waals surface area contributed by atoms with Gasteiger partial charge >= 0.3 is 0 Å². The van der Waals surface area contributed by atoms with E-state index in [9.17, 15) is 0 Å². The molecule has 22 heavy (non-hydrogen) atoms. The molecule has 5 nitrogen and oxygen atoms in total. The van der Waals surface area contributed by atoms with E-state index in [1.807, 2.05) is 24.3 Å². The summed E-state index contributed by atoms with van der Waals surface area (Å²) >= 11 is 0. The summed E-state index contributed by atoms with van der Waals surface area (Å²) in [6, 6.07) is 7.46. The predicted molar refractivity (Wildman–Crippen MR) is 84.3 cm³/mol. The Kier molecular flexibility index (Phi) is 7.12. The van der Waals surface area contributed by atoms with Crippen molar-refractivity contribution in [2.75, 3.05) is 39.5 Å². The third-order valence-corrected chi connectivity index (χ3v) is 3.82. The van der Waals surface area contributed by atoms with Crippen LogP contribution < -0.4 is 9.64 Å². The van der Waals surface area contributed by atoms with E-state index in [-0.39, 0.29) is 6.61 Å². The SMILES string of the molecule is C[C@H]1C[NH+](CCOCCOc2ccc(CO)cc2)C[C@H](C)O1. The second kappa shape index (κ2) is 9.10. The quantitative estimate of drug-likeness (QED) is 0.677. The highest BCUT2D eigenvalue weighted by atomic mass is 16.5. The largest absolute Gasteiger partial charge is 0.491 e. The highest BCUT2D eigenvalue weighted by Crippen LogP contribution is 2.11. The molecular formula is C17H28NO4+. The number of rotatable bonds is 8. The van der Waals surface area contributed by atoms with Gasteiger partial charge in [0.2, 0.25) is 0 Å². The average molecular weight is 310 g/mol. The molecule has 1 aliphatic heterocycles. The molecule has 1 aromatic rings. The van der Waals surface area contributed by atoms with Crippen LogP contribution in [0.2, 0.25) is 0 Å². The standard InChI is InChI=1S/C17H27NO4/c1-14-11-18(12-15(2)22-14)7-8-20-9-10-21-17-5-3-16(13-19)4-6-17/h3-6,14-15,19H,7-13H2,1-2H3/p+1/t14-,15-/m0/s1. The van der Waals surface area contributed by atoms with E-state index in [0.29, 0.717) is 25.4 Å². The summed E-state index contributed by atoms with van der Waals surface area (Å²) in [5.74, 6) is 0.808. The smallest absolute Gasteiger partial charge is 0.119 e. The maximum Gasteiger partial charge on any atom is 0.119 e. The molecule has 0 radical (unpaired) electrons. The molecule has 0 spiro atoms. The van der Waals surface area contributed by atoms with Crippen molar-refractivity contribution in [1.29, 1.82) is 0 Å². The van der Waals surface area contributed by atoms with Gasteiger partial charge in [0, 0.05) is 0 Å². The Hall–Kier alpha value is -1.14. The van der Waals surface area contributed by atoms with Crippen LogP contribution in [0, 0.1) is 0 Å². The fourth-order valence-corrected chi connectivity index (χ4v) is 2.82. The monoisotopic (exact) mass is 310 g/mol. The molecule has 0 amide bonds. The minimum Gasteiger partial charge on any atom is -0.491 e.